The number of pyridine rings is 1. The average molecular weight is 336 g/mol. The highest BCUT2D eigenvalue weighted by Crippen LogP contribution is 2.32. The summed E-state index contributed by atoms with van der Waals surface area (Å²) >= 11 is 3.44. The molecule has 0 spiro atoms. The Labute approximate surface area is 125 Å². The topological polar surface area (TPSA) is 59.4 Å². The Bertz CT molecular complexity index is 624. The highest BCUT2D eigenvalue weighted by atomic mass is 79.9. The van der Waals surface area contributed by atoms with E-state index in [0.29, 0.717) is 11.8 Å². The number of halogens is 1. The Morgan fingerprint density at radius 3 is 2.60 bits per heavy atom. The SMILES string of the molecule is CC(C)c1cc(Br)ccc1Oc1ccc(C(=O)O)cn1. The highest BCUT2D eigenvalue weighted by molar-refractivity contribution is 9.10. The van der Waals surface area contributed by atoms with Crippen LogP contribution in [0.2, 0.25) is 0 Å². The number of aromatic carboxylic acids is 1. The van der Waals surface area contributed by atoms with Crippen LogP contribution in [0.1, 0.15) is 35.7 Å². The summed E-state index contributed by atoms with van der Waals surface area (Å²) < 4.78 is 6.72. The summed E-state index contributed by atoms with van der Waals surface area (Å²) in [5.41, 5.74) is 1.20. The molecule has 0 amide bonds. The van der Waals surface area contributed by atoms with Crippen LogP contribution in [0.15, 0.2) is 41.0 Å². The van der Waals surface area contributed by atoms with Crippen LogP contribution in [-0.4, -0.2) is 16.1 Å². The first-order valence-electron chi connectivity index (χ1n) is 6.14. The molecule has 1 heterocycles. The molecule has 0 aliphatic carbocycles. The molecule has 0 aliphatic heterocycles. The quantitative estimate of drug-likeness (QED) is 0.896. The summed E-state index contributed by atoms with van der Waals surface area (Å²) in [4.78, 5) is 14.8. The maximum Gasteiger partial charge on any atom is 0.337 e. The minimum Gasteiger partial charge on any atom is -0.478 e. The van der Waals surface area contributed by atoms with Gasteiger partial charge in [0.1, 0.15) is 5.75 Å². The molecule has 0 radical (unpaired) electrons. The Kier molecular flexibility index (Phi) is 4.39. The Morgan fingerprint density at radius 1 is 1.30 bits per heavy atom. The van der Waals surface area contributed by atoms with Crippen molar-refractivity contribution in [3.8, 4) is 11.6 Å². The van der Waals surface area contributed by atoms with Gasteiger partial charge in [0.05, 0.1) is 5.56 Å². The number of carboxylic acids is 1. The van der Waals surface area contributed by atoms with Crippen LogP contribution in [0, 0.1) is 0 Å². The lowest BCUT2D eigenvalue weighted by Gasteiger charge is -2.13. The zero-order chi connectivity index (χ0) is 14.7. The van der Waals surface area contributed by atoms with Crippen molar-refractivity contribution in [1.29, 1.82) is 0 Å². The summed E-state index contributed by atoms with van der Waals surface area (Å²) in [5, 5.41) is 8.83. The van der Waals surface area contributed by atoms with E-state index in [-0.39, 0.29) is 5.56 Å². The number of rotatable bonds is 4. The van der Waals surface area contributed by atoms with Crippen molar-refractivity contribution in [3.63, 3.8) is 0 Å². The highest BCUT2D eigenvalue weighted by Gasteiger charge is 2.11. The number of nitrogens with zero attached hydrogens (tertiary/aromatic N) is 1. The summed E-state index contributed by atoms with van der Waals surface area (Å²) in [5.74, 6) is 0.398. The summed E-state index contributed by atoms with van der Waals surface area (Å²) in [6.07, 6.45) is 1.28. The van der Waals surface area contributed by atoms with Crippen LogP contribution in [0.25, 0.3) is 0 Å². The Morgan fingerprint density at radius 2 is 2.05 bits per heavy atom. The second-order valence-electron chi connectivity index (χ2n) is 4.63. The van der Waals surface area contributed by atoms with Crippen molar-refractivity contribution in [2.24, 2.45) is 0 Å². The molecular weight excluding hydrogens is 322 g/mol. The molecule has 2 rings (SSSR count). The van der Waals surface area contributed by atoms with E-state index < -0.39 is 5.97 Å². The first-order chi connectivity index (χ1) is 9.47. The van der Waals surface area contributed by atoms with E-state index in [1.54, 1.807) is 6.07 Å². The van der Waals surface area contributed by atoms with Crippen molar-refractivity contribution in [2.75, 3.05) is 0 Å². The van der Waals surface area contributed by atoms with Gasteiger partial charge in [0, 0.05) is 16.7 Å². The van der Waals surface area contributed by atoms with Gasteiger partial charge in [-0.15, -0.1) is 0 Å². The lowest BCUT2D eigenvalue weighted by atomic mass is 10.0. The predicted molar refractivity (Wildman–Crippen MR) is 79.5 cm³/mol. The Hall–Kier alpha value is -1.88. The second-order valence-corrected chi connectivity index (χ2v) is 5.54. The van der Waals surface area contributed by atoms with Crippen LogP contribution >= 0.6 is 15.9 Å². The number of carbonyl (C=O) groups is 1. The molecule has 5 heteroatoms. The van der Waals surface area contributed by atoms with Crippen molar-refractivity contribution in [1.82, 2.24) is 4.98 Å². The fourth-order valence-electron chi connectivity index (χ4n) is 1.74. The first kappa shape index (κ1) is 14.5. The monoisotopic (exact) mass is 335 g/mol. The lowest BCUT2D eigenvalue weighted by molar-refractivity contribution is 0.0696. The van der Waals surface area contributed by atoms with Gasteiger partial charge >= 0.3 is 5.97 Å². The summed E-state index contributed by atoms with van der Waals surface area (Å²) in [6.45, 7) is 4.16. The molecule has 2 aromatic rings. The molecule has 0 unspecified atom stereocenters. The number of aromatic nitrogens is 1. The molecule has 0 saturated carbocycles. The predicted octanol–water partition coefficient (Wildman–Crippen LogP) is 4.46. The normalized spacial score (nSPS) is 10.6. The molecule has 1 N–H and O–H groups in total. The van der Waals surface area contributed by atoms with Gasteiger partial charge in [0.25, 0.3) is 0 Å². The fraction of sp³-hybridized carbons (Fsp3) is 0.200. The van der Waals surface area contributed by atoms with Crippen LogP contribution in [-0.2, 0) is 0 Å². The van der Waals surface area contributed by atoms with Gasteiger partial charge in [-0.3, -0.25) is 0 Å². The van der Waals surface area contributed by atoms with Gasteiger partial charge < -0.3 is 9.84 Å². The average Bonchev–Trinajstić information content (AvgIpc) is 2.41. The van der Waals surface area contributed by atoms with Crippen LogP contribution in [0.5, 0.6) is 11.6 Å². The van der Waals surface area contributed by atoms with E-state index in [1.165, 1.54) is 12.3 Å². The van der Waals surface area contributed by atoms with Crippen molar-refractivity contribution in [3.05, 3.63) is 52.1 Å². The van der Waals surface area contributed by atoms with Crippen LogP contribution in [0.3, 0.4) is 0 Å². The third-order valence-electron chi connectivity index (χ3n) is 2.79. The molecule has 4 nitrogen and oxygen atoms in total. The molecule has 0 aliphatic rings. The first-order valence-corrected chi connectivity index (χ1v) is 6.93. The Balaban J connectivity index is 2.27. The van der Waals surface area contributed by atoms with E-state index in [2.05, 4.69) is 34.8 Å². The summed E-state index contributed by atoms with van der Waals surface area (Å²) in [6, 6.07) is 8.79. The molecule has 0 atom stereocenters. The number of carboxylic acid groups (broad SMARTS) is 1. The van der Waals surface area contributed by atoms with Gasteiger partial charge in [-0.05, 0) is 35.7 Å². The van der Waals surface area contributed by atoms with Gasteiger partial charge in [0.2, 0.25) is 5.88 Å². The molecule has 104 valence electrons. The van der Waals surface area contributed by atoms with Gasteiger partial charge in [-0.2, -0.15) is 0 Å². The van der Waals surface area contributed by atoms with Gasteiger partial charge in [-0.1, -0.05) is 29.8 Å². The van der Waals surface area contributed by atoms with Gasteiger partial charge in [0.15, 0.2) is 0 Å². The van der Waals surface area contributed by atoms with E-state index >= 15 is 0 Å². The van der Waals surface area contributed by atoms with E-state index in [4.69, 9.17) is 9.84 Å². The molecule has 0 fully saturated rings. The molecule has 20 heavy (non-hydrogen) atoms. The lowest BCUT2D eigenvalue weighted by Crippen LogP contribution is -1.99. The number of benzene rings is 1. The number of hydrogen-bond acceptors (Lipinski definition) is 3. The third kappa shape index (κ3) is 3.36. The maximum absolute atomic E-state index is 10.8. The third-order valence-corrected chi connectivity index (χ3v) is 3.28. The van der Waals surface area contributed by atoms with Gasteiger partial charge in [-0.25, -0.2) is 9.78 Å². The van der Waals surface area contributed by atoms with Crippen molar-refractivity contribution >= 4 is 21.9 Å². The number of hydrogen-bond donors (Lipinski definition) is 1. The summed E-state index contributed by atoms with van der Waals surface area (Å²) in [7, 11) is 0. The zero-order valence-corrected chi connectivity index (χ0v) is 12.7. The van der Waals surface area contributed by atoms with Crippen LogP contribution < -0.4 is 4.74 Å². The van der Waals surface area contributed by atoms with E-state index in [9.17, 15) is 4.79 Å². The maximum atomic E-state index is 10.8. The van der Waals surface area contributed by atoms with Crippen LogP contribution in [0.4, 0.5) is 0 Å². The van der Waals surface area contributed by atoms with E-state index in [0.717, 1.165) is 15.8 Å². The standard InChI is InChI=1S/C15H14BrNO3/c1-9(2)12-7-11(16)4-5-13(12)20-14-6-3-10(8-17-14)15(18)19/h3-9H,1-2H3,(H,18,19). The molecular formula is C15H14BrNO3. The minimum atomic E-state index is -1.00. The fourth-order valence-corrected chi connectivity index (χ4v) is 2.12. The molecule has 1 aromatic heterocycles. The smallest absolute Gasteiger partial charge is 0.337 e. The molecule has 0 saturated heterocycles. The largest absolute Gasteiger partial charge is 0.478 e. The van der Waals surface area contributed by atoms with Crippen molar-refractivity contribution in [2.45, 2.75) is 19.8 Å². The molecule has 0 bridgehead atoms. The zero-order valence-electron chi connectivity index (χ0n) is 11.1. The number of ether oxygens (including phenoxy) is 1. The minimum absolute atomic E-state index is 0.136. The van der Waals surface area contributed by atoms with Crippen molar-refractivity contribution < 1.29 is 14.6 Å². The van der Waals surface area contributed by atoms with E-state index in [1.807, 2.05) is 18.2 Å². The second kappa shape index (κ2) is 6.05. The molecule has 1 aromatic carbocycles.